The fraction of sp³-hybridized carbons (Fsp3) is 0. The molecule has 18 heavy (non-hydrogen) atoms. The molecule has 4 N–H and O–H groups in total. The Morgan fingerprint density at radius 1 is 1.22 bits per heavy atom. The Balaban J connectivity index is 0.00000162. The van der Waals surface area contributed by atoms with E-state index in [-0.39, 0.29) is 22.9 Å². The first-order valence-corrected chi connectivity index (χ1v) is 6.20. The van der Waals surface area contributed by atoms with Crippen LogP contribution < -0.4 is 11.5 Å². The van der Waals surface area contributed by atoms with E-state index in [1.54, 1.807) is 12.1 Å². The van der Waals surface area contributed by atoms with Gasteiger partial charge in [-0.05, 0) is 12.1 Å². The first-order chi connectivity index (χ1) is 8.06. The summed E-state index contributed by atoms with van der Waals surface area (Å²) in [5.41, 5.74) is 12.2. The van der Waals surface area contributed by atoms with E-state index in [2.05, 4.69) is 9.98 Å². The summed E-state index contributed by atoms with van der Waals surface area (Å²) < 4.78 is 0. The largest absolute Gasteiger partial charge is 0.370 e. The molecule has 1 aromatic heterocycles. The van der Waals surface area contributed by atoms with Crippen LogP contribution in [0.2, 0.25) is 10.0 Å². The maximum Gasteiger partial charge on any atom is 0.212 e. The highest BCUT2D eigenvalue weighted by molar-refractivity contribution is 8.93. The molecule has 0 saturated heterocycles. The Hall–Kier alpha value is -0.820. The molecule has 0 aliphatic carbocycles. The predicted octanol–water partition coefficient (Wildman–Crippen LogP) is 3.60. The van der Waals surface area contributed by atoms with Crippen molar-refractivity contribution in [1.82, 2.24) is 4.98 Å². The SMILES string of the molecule is Br.NC(N)=Nc1nc(-c2ccc(Cl)c(Cl)c2)cs1. The summed E-state index contributed by atoms with van der Waals surface area (Å²) in [4.78, 5) is 8.13. The molecular formula is C10H9BrCl2N4S. The second-order valence-corrected chi connectivity index (χ2v) is 4.83. The molecule has 0 atom stereocenters. The average molecular weight is 368 g/mol. The lowest BCUT2D eigenvalue weighted by molar-refractivity contribution is 1.33. The molecule has 0 spiro atoms. The van der Waals surface area contributed by atoms with Gasteiger partial charge in [0.2, 0.25) is 5.13 Å². The van der Waals surface area contributed by atoms with Crippen LogP contribution in [-0.4, -0.2) is 10.9 Å². The van der Waals surface area contributed by atoms with Gasteiger partial charge in [-0.25, -0.2) is 4.98 Å². The van der Waals surface area contributed by atoms with Crippen LogP contribution in [0, 0.1) is 0 Å². The van der Waals surface area contributed by atoms with Gasteiger partial charge in [-0.2, -0.15) is 4.99 Å². The van der Waals surface area contributed by atoms with Crippen molar-refractivity contribution in [2.24, 2.45) is 16.5 Å². The van der Waals surface area contributed by atoms with E-state index in [0.29, 0.717) is 15.2 Å². The number of thiazole rings is 1. The molecule has 0 fully saturated rings. The number of hydrogen-bond donors (Lipinski definition) is 2. The van der Waals surface area contributed by atoms with Crippen molar-refractivity contribution in [2.75, 3.05) is 0 Å². The van der Waals surface area contributed by atoms with E-state index in [9.17, 15) is 0 Å². The summed E-state index contributed by atoms with van der Waals surface area (Å²) in [5, 5.41) is 3.35. The number of hydrogen-bond acceptors (Lipinski definition) is 3. The zero-order chi connectivity index (χ0) is 12.4. The number of halogens is 3. The Kier molecular flexibility index (Phi) is 5.40. The van der Waals surface area contributed by atoms with Crippen molar-refractivity contribution < 1.29 is 0 Å². The van der Waals surface area contributed by atoms with Gasteiger partial charge >= 0.3 is 0 Å². The Morgan fingerprint density at radius 2 is 1.94 bits per heavy atom. The van der Waals surface area contributed by atoms with Gasteiger partial charge in [-0.15, -0.1) is 28.3 Å². The second-order valence-electron chi connectivity index (χ2n) is 3.18. The monoisotopic (exact) mass is 366 g/mol. The summed E-state index contributed by atoms with van der Waals surface area (Å²) in [6.45, 7) is 0. The fourth-order valence-electron chi connectivity index (χ4n) is 1.21. The van der Waals surface area contributed by atoms with Gasteiger partial charge in [0.25, 0.3) is 0 Å². The number of nitrogens with zero attached hydrogens (tertiary/aromatic N) is 2. The van der Waals surface area contributed by atoms with E-state index >= 15 is 0 Å². The number of rotatable bonds is 2. The Morgan fingerprint density at radius 3 is 2.56 bits per heavy atom. The van der Waals surface area contributed by atoms with E-state index in [1.807, 2.05) is 11.4 Å². The molecule has 0 aliphatic rings. The van der Waals surface area contributed by atoms with Gasteiger partial charge in [0.1, 0.15) is 0 Å². The summed E-state index contributed by atoms with van der Waals surface area (Å²) in [6, 6.07) is 5.31. The van der Waals surface area contributed by atoms with Gasteiger partial charge in [0.15, 0.2) is 5.96 Å². The normalized spacial score (nSPS) is 9.67. The topological polar surface area (TPSA) is 77.3 Å². The molecule has 0 saturated carbocycles. The lowest BCUT2D eigenvalue weighted by atomic mass is 10.2. The number of guanidine groups is 1. The third-order valence-electron chi connectivity index (χ3n) is 1.93. The number of aliphatic imine (C=N–C) groups is 1. The molecule has 8 heteroatoms. The van der Waals surface area contributed by atoms with Crippen LogP contribution in [-0.2, 0) is 0 Å². The van der Waals surface area contributed by atoms with E-state index in [1.165, 1.54) is 11.3 Å². The van der Waals surface area contributed by atoms with Gasteiger partial charge < -0.3 is 11.5 Å². The van der Waals surface area contributed by atoms with Crippen molar-refractivity contribution in [3.05, 3.63) is 33.6 Å². The number of benzene rings is 1. The molecule has 96 valence electrons. The van der Waals surface area contributed by atoms with E-state index in [0.717, 1.165) is 11.3 Å². The average Bonchev–Trinajstić information content (AvgIpc) is 2.69. The Bertz CT molecular complexity index is 581. The highest BCUT2D eigenvalue weighted by Crippen LogP contribution is 2.31. The molecule has 1 aromatic carbocycles. The minimum Gasteiger partial charge on any atom is -0.370 e. The van der Waals surface area contributed by atoms with Gasteiger partial charge in [0.05, 0.1) is 15.7 Å². The van der Waals surface area contributed by atoms with Crippen molar-refractivity contribution >= 4 is 62.6 Å². The van der Waals surface area contributed by atoms with E-state index in [4.69, 9.17) is 34.7 Å². The molecule has 0 bridgehead atoms. The van der Waals surface area contributed by atoms with Crippen molar-refractivity contribution in [2.45, 2.75) is 0 Å². The molecule has 4 nitrogen and oxygen atoms in total. The zero-order valence-electron chi connectivity index (χ0n) is 8.93. The van der Waals surface area contributed by atoms with Crippen LogP contribution >= 0.6 is 51.5 Å². The molecule has 2 aromatic rings. The van der Waals surface area contributed by atoms with Crippen molar-refractivity contribution in [3.8, 4) is 11.3 Å². The molecule has 0 aliphatic heterocycles. The Labute approximate surface area is 128 Å². The predicted molar refractivity (Wildman–Crippen MR) is 83.4 cm³/mol. The highest BCUT2D eigenvalue weighted by Gasteiger charge is 2.06. The highest BCUT2D eigenvalue weighted by atomic mass is 79.9. The van der Waals surface area contributed by atoms with Crippen LogP contribution in [0.5, 0.6) is 0 Å². The lowest BCUT2D eigenvalue weighted by Crippen LogP contribution is -2.21. The molecule has 0 radical (unpaired) electrons. The smallest absolute Gasteiger partial charge is 0.212 e. The molecule has 1 heterocycles. The summed E-state index contributed by atoms with van der Waals surface area (Å²) in [6.07, 6.45) is 0. The standard InChI is InChI=1S/C10H8Cl2N4S.BrH/c11-6-2-1-5(3-7(6)12)8-4-17-10(15-8)16-9(13)14;/h1-4H,(H4,13,14,15,16);1H. The molecule has 2 rings (SSSR count). The van der Waals surface area contributed by atoms with Crippen LogP contribution in [0.15, 0.2) is 28.6 Å². The fourth-order valence-corrected chi connectivity index (χ4v) is 2.23. The molecule has 0 amide bonds. The van der Waals surface area contributed by atoms with Gasteiger partial charge in [0, 0.05) is 10.9 Å². The maximum atomic E-state index is 5.93. The lowest BCUT2D eigenvalue weighted by Gasteiger charge is -1.99. The minimum absolute atomic E-state index is 0. The molecule has 0 unspecified atom stereocenters. The van der Waals surface area contributed by atoms with Crippen LogP contribution in [0.4, 0.5) is 5.13 Å². The summed E-state index contributed by atoms with van der Waals surface area (Å²) >= 11 is 13.1. The number of aromatic nitrogens is 1. The van der Waals surface area contributed by atoms with Crippen molar-refractivity contribution in [1.29, 1.82) is 0 Å². The first-order valence-electron chi connectivity index (χ1n) is 4.57. The van der Waals surface area contributed by atoms with E-state index < -0.39 is 0 Å². The quantitative estimate of drug-likeness (QED) is 0.628. The number of nitrogens with two attached hydrogens (primary N) is 2. The maximum absolute atomic E-state index is 5.93. The van der Waals surface area contributed by atoms with Crippen LogP contribution in [0.1, 0.15) is 0 Å². The first kappa shape index (κ1) is 15.2. The summed E-state index contributed by atoms with van der Waals surface area (Å²) in [5.74, 6) is -0.0139. The van der Waals surface area contributed by atoms with Gasteiger partial charge in [-0.3, -0.25) is 0 Å². The third-order valence-corrected chi connectivity index (χ3v) is 3.41. The van der Waals surface area contributed by atoms with Crippen LogP contribution in [0.25, 0.3) is 11.3 Å². The van der Waals surface area contributed by atoms with Crippen LogP contribution in [0.3, 0.4) is 0 Å². The van der Waals surface area contributed by atoms with Crippen molar-refractivity contribution in [3.63, 3.8) is 0 Å². The second kappa shape index (κ2) is 6.38. The summed E-state index contributed by atoms with van der Waals surface area (Å²) in [7, 11) is 0. The molecular weight excluding hydrogens is 359 g/mol. The zero-order valence-corrected chi connectivity index (χ0v) is 13.0. The third kappa shape index (κ3) is 3.58. The van der Waals surface area contributed by atoms with Gasteiger partial charge in [-0.1, -0.05) is 29.3 Å². The minimum atomic E-state index is -0.0139.